The van der Waals surface area contributed by atoms with Gasteiger partial charge in [0.2, 0.25) is 6.79 Å². The third-order valence-electron chi connectivity index (χ3n) is 3.24. The maximum absolute atomic E-state index is 12.1. The highest BCUT2D eigenvalue weighted by molar-refractivity contribution is 7.98. The van der Waals surface area contributed by atoms with Crippen LogP contribution >= 0.6 is 11.8 Å². The number of nitrogens with one attached hydrogen (secondary N) is 1. The number of fused-ring (bicyclic) bond motifs is 1. The predicted molar refractivity (Wildman–Crippen MR) is 82.0 cm³/mol. The van der Waals surface area contributed by atoms with E-state index >= 15 is 0 Å². The first-order valence-corrected chi connectivity index (χ1v) is 7.79. The maximum atomic E-state index is 12.1. The molecule has 0 atom stereocenters. The summed E-state index contributed by atoms with van der Waals surface area (Å²) in [7, 11) is 0. The van der Waals surface area contributed by atoms with E-state index in [9.17, 15) is 4.79 Å². The molecule has 2 aromatic rings. The number of amides is 1. The molecule has 21 heavy (non-hydrogen) atoms. The summed E-state index contributed by atoms with van der Waals surface area (Å²) >= 11 is 1.65. The lowest BCUT2D eigenvalue weighted by Crippen LogP contribution is -2.22. The summed E-state index contributed by atoms with van der Waals surface area (Å²) < 4.78 is 10.6. The molecule has 0 bridgehead atoms. The Labute approximate surface area is 127 Å². The molecule has 0 aliphatic carbocycles. The zero-order chi connectivity index (χ0) is 14.7. The van der Waals surface area contributed by atoms with Gasteiger partial charge in [-0.3, -0.25) is 4.79 Å². The van der Waals surface area contributed by atoms with Gasteiger partial charge in [0.1, 0.15) is 0 Å². The van der Waals surface area contributed by atoms with Gasteiger partial charge in [-0.2, -0.15) is 0 Å². The van der Waals surface area contributed by atoms with Crippen molar-refractivity contribution in [3.63, 3.8) is 0 Å². The second-order valence-electron chi connectivity index (χ2n) is 4.60. The number of ether oxygens (including phenoxy) is 2. The quantitative estimate of drug-likeness (QED) is 0.882. The van der Waals surface area contributed by atoms with E-state index in [1.807, 2.05) is 48.7 Å². The fourth-order valence-corrected chi connectivity index (χ4v) is 2.49. The van der Waals surface area contributed by atoms with Crippen LogP contribution in [0.4, 0.5) is 0 Å². The largest absolute Gasteiger partial charge is 0.454 e. The summed E-state index contributed by atoms with van der Waals surface area (Å²) in [5.74, 6) is 1.39. The molecule has 1 aliphatic heterocycles. The van der Waals surface area contributed by atoms with E-state index in [2.05, 4.69) is 5.32 Å². The van der Waals surface area contributed by atoms with E-state index in [1.165, 1.54) is 0 Å². The van der Waals surface area contributed by atoms with Crippen LogP contribution in [0.3, 0.4) is 0 Å². The lowest BCUT2D eigenvalue weighted by atomic mass is 10.2. The first-order chi connectivity index (χ1) is 10.3. The fraction of sp³-hybridized carbons (Fsp3) is 0.188. The topological polar surface area (TPSA) is 47.6 Å². The number of benzene rings is 2. The van der Waals surface area contributed by atoms with Gasteiger partial charge in [-0.25, -0.2) is 0 Å². The van der Waals surface area contributed by atoms with E-state index in [1.54, 1.807) is 11.8 Å². The summed E-state index contributed by atoms with van der Waals surface area (Å²) in [4.78, 5) is 13.2. The highest BCUT2D eigenvalue weighted by Crippen LogP contribution is 2.32. The number of carbonyl (C=O) groups excluding carboxylic acids is 1. The lowest BCUT2D eigenvalue weighted by molar-refractivity contribution is 0.0950. The molecule has 5 heteroatoms. The van der Waals surface area contributed by atoms with Crippen LogP contribution in [0, 0.1) is 0 Å². The van der Waals surface area contributed by atoms with Crippen LogP contribution in [0.15, 0.2) is 47.4 Å². The van der Waals surface area contributed by atoms with Gasteiger partial charge in [-0.05, 0) is 48.2 Å². The van der Waals surface area contributed by atoms with Gasteiger partial charge in [0.15, 0.2) is 11.5 Å². The second-order valence-corrected chi connectivity index (χ2v) is 5.48. The SMILES string of the molecule is CSc1ccc(C(=O)NCc2ccc3c(c2)OCO3)cc1. The summed E-state index contributed by atoms with van der Waals surface area (Å²) in [6.45, 7) is 0.715. The van der Waals surface area contributed by atoms with Crippen LogP contribution in [0.2, 0.25) is 0 Å². The summed E-state index contributed by atoms with van der Waals surface area (Å²) in [5.41, 5.74) is 1.64. The Morgan fingerprint density at radius 2 is 1.90 bits per heavy atom. The molecule has 108 valence electrons. The maximum Gasteiger partial charge on any atom is 0.251 e. The molecule has 0 saturated heterocycles. The van der Waals surface area contributed by atoms with Gasteiger partial charge >= 0.3 is 0 Å². The van der Waals surface area contributed by atoms with Crippen molar-refractivity contribution in [1.82, 2.24) is 5.32 Å². The van der Waals surface area contributed by atoms with E-state index in [-0.39, 0.29) is 12.7 Å². The third-order valence-corrected chi connectivity index (χ3v) is 3.99. The van der Waals surface area contributed by atoms with Gasteiger partial charge in [0.05, 0.1) is 0 Å². The number of rotatable bonds is 4. The zero-order valence-electron chi connectivity index (χ0n) is 11.6. The summed E-state index contributed by atoms with van der Waals surface area (Å²) in [6, 6.07) is 13.2. The molecule has 0 spiro atoms. The number of hydrogen-bond donors (Lipinski definition) is 1. The van der Waals surface area contributed by atoms with Crippen molar-refractivity contribution < 1.29 is 14.3 Å². The Morgan fingerprint density at radius 3 is 2.67 bits per heavy atom. The lowest BCUT2D eigenvalue weighted by Gasteiger charge is -2.07. The standard InChI is InChI=1S/C16H15NO3S/c1-21-13-5-3-12(4-6-13)16(18)17-9-11-2-7-14-15(8-11)20-10-19-14/h2-8H,9-10H2,1H3,(H,17,18). The Hall–Kier alpha value is -2.14. The highest BCUT2D eigenvalue weighted by Gasteiger charge is 2.13. The van der Waals surface area contributed by atoms with Crippen molar-refractivity contribution in [3.8, 4) is 11.5 Å². The average molecular weight is 301 g/mol. The first-order valence-electron chi connectivity index (χ1n) is 6.57. The van der Waals surface area contributed by atoms with Crippen molar-refractivity contribution in [1.29, 1.82) is 0 Å². The van der Waals surface area contributed by atoms with Gasteiger partial charge in [-0.15, -0.1) is 11.8 Å². The number of hydrogen-bond acceptors (Lipinski definition) is 4. The molecule has 0 aromatic heterocycles. The highest BCUT2D eigenvalue weighted by atomic mass is 32.2. The minimum absolute atomic E-state index is 0.0830. The van der Waals surface area contributed by atoms with Crippen LogP contribution in [0.1, 0.15) is 15.9 Å². The van der Waals surface area contributed by atoms with E-state index in [0.717, 1.165) is 22.0 Å². The molecular formula is C16H15NO3S. The van der Waals surface area contributed by atoms with Crippen molar-refractivity contribution in [2.75, 3.05) is 13.0 Å². The molecule has 2 aromatic carbocycles. The minimum Gasteiger partial charge on any atom is -0.454 e. The Bertz CT molecular complexity index is 655. The summed E-state index contributed by atoms with van der Waals surface area (Å²) in [5, 5.41) is 2.90. The normalized spacial score (nSPS) is 12.2. The second kappa shape index (κ2) is 6.10. The van der Waals surface area contributed by atoms with Crippen molar-refractivity contribution in [2.45, 2.75) is 11.4 Å². The minimum atomic E-state index is -0.0830. The van der Waals surface area contributed by atoms with Gasteiger partial charge in [0, 0.05) is 17.0 Å². The van der Waals surface area contributed by atoms with Gasteiger partial charge in [0.25, 0.3) is 5.91 Å². The summed E-state index contributed by atoms with van der Waals surface area (Å²) in [6.07, 6.45) is 2.01. The molecule has 0 unspecified atom stereocenters. The van der Waals surface area contributed by atoms with Crippen LogP contribution in [-0.4, -0.2) is 19.0 Å². The molecule has 1 aliphatic rings. The van der Waals surface area contributed by atoms with Crippen LogP contribution in [-0.2, 0) is 6.54 Å². The first kappa shape index (κ1) is 13.8. The molecule has 0 saturated carbocycles. The molecule has 1 N–H and O–H groups in total. The average Bonchev–Trinajstić information content (AvgIpc) is 3.00. The Morgan fingerprint density at radius 1 is 1.14 bits per heavy atom. The molecular weight excluding hydrogens is 286 g/mol. The monoisotopic (exact) mass is 301 g/mol. The molecule has 4 nitrogen and oxygen atoms in total. The third kappa shape index (κ3) is 3.13. The van der Waals surface area contributed by atoms with Crippen LogP contribution < -0.4 is 14.8 Å². The van der Waals surface area contributed by atoms with Crippen LogP contribution in [0.5, 0.6) is 11.5 Å². The van der Waals surface area contributed by atoms with E-state index in [4.69, 9.17) is 9.47 Å². The smallest absolute Gasteiger partial charge is 0.251 e. The van der Waals surface area contributed by atoms with E-state index in [0.29, 0.717) is 12.1 Å². The predicted octanol–water partition coefficient (Wildman–Crippen LogP) is 3.07. The zero-order valence-corrected chi connectivity index (χ0v) is 12.4. The Balaban J connectivity index is 1.62. The van der Waals surface area contributed by atoms with Crippen molar-refractivity contribution >= 4 is 17.7 Å². The van der Waals surface area contributed by atoms with Crippen LogP contribution in [0.25, 0.3) is 0 Å². The number of thioether (sulfide) groups is 1. The number of carbonyl (C=O) groups is 1. The van der Waals surface area contributed by atoms with Gasteiger partial charge in [-0.1, -0.05) is 6.07 Å². The van der Waals surface area contributed by atoms with Crippen molar-refractivity contribution in [3.05, 3.63) is 53.6 Å². The van der Waals surface area contributed by atoms with Gasteiger partial charge < -0.3 is 14.8 Å². The van der Waals surface area contributed by atoms with E-state index < -0.39 is 0 Å². The van der Waals surface area contributed by atoms with Crippen molar-refractivity contribution in [2.24, 2.45) is 0 Å². The molecule has 1 amide bonds. The fourth-order valence-electron chi connectivity index (χ4n) is 2.08. The molecule has 0 fully saturated rings. The Kier molecular flexibility index (Phi) is 4.01. The molecule has 1 heterocycles. The molecule has 3 rings (SSSR count). The molecule has 0 radical (unpaired) electrons.